The summed E-state index contributed by atoms with van der Waals surface area (Å²) >= 11 is 3.43. The Labute approximate surface area is 95.2 Å². The summed E-state index contributed by atoms with van der Waals surface area (Å²) in [4.78, 5) is 4.44. The van der Waals surface area contributed by atoms with E-state index in [4.69, 9.17) is 9.52 Å². The highest BCUT2D eigenvalue weighted by Crippen LogP contribution is 2.41. The second kappa shape index (κ2) is 3.32. The number of fused-ring (bicyclic) bond motifs is 1. The number of benzene rings is 1. The molecule has 2 aromatic rings. The topological polar surface area (TPSA) is 46.3 Å². The van der Waals surface area contributed by atoms with Crippen molar-refractivity contribution < 1.29 is 9.52 Å². The standard InChI is InChI=1S/C11H10BrNO2/c12-8-3-6(5-14)4-9-10(8)15-11(13-9)7-1-2-7/h3-4,7,14H,1-2,5H2. The van der Waals surface area contributed by atoms with Crippen LogP contribution in [0.15, 0.2) is 21.0 Å². The Hall–Kier alpha value is -0.870. The lowest BCUT2D eigenvalue weighted by atomic mass is 10.2. The number of hydrogen-bond acceptors (Lipinski definition) is 3. The molecule has 0 aliphatic heterocycles. The maximum atomic E-state index is 9.07. The van der Waals surface area contributed by atoms with Gasteiger partial charge in [0.1, 0.15) is 5.52 Å². The van der Waals surface area contributed by atoms with E-state index in [2.05, 4.69) is 20.9 Å². The van der Waals surface area contributed by atoms with Crippen molar-refractivity contribution in [3.63, 3.8) is 0 Å². The molecule has 0 unspecified atom stereocenters. The maximum Gasteiger partial charge on any atom is 0.198 e. The summed E-state index contributed by atoms with van der Waals surface area (Å²) in [6.45, 7) is 0.0279. The molecular formula is C11H10BrNO2. The normalized spacial score (nSPS) is 16.1. The first-order valence-corrected chi connectivity index (χ1v) is 5.77. The fourth-order valence-electron chi connectivity index (χ4n) is 1.66. The van der Waals surface area contributed by atoms with Gasteiger partial charge in [-0.1, -0.05) is 0 Å². The van der Waals surface area contributed by atoms with Crippen molar-refractivity contribution in [2.75, 3.05) is 0 Å². The molecule has 0 atom stereocenters. The number of aliphatic hydroxyl groups excluding tert-OH is 1. The van der Waals surface area contributed by atoms with Gasteiger partial charge in [-0.2, -0.15) is 0 Å². The van der Waals surface area contributed by atoms with Crippen LogP contribution in [0.25, 0.3) is 11.1 Å². The van der Waals surface area contributed by atoms with E-state index in [1.165, 1.54) is 12.8 Å². The Kier molecular flexibility index (Phi) is 2.07. The van der Waals surface area contributed by atoms with E-state index in [0.29, 0.717) is 5.92 Å². The van der Waals surface area contributed by atoms with E-state index >= 15 is 0 Å². The lowest BCUT2D eigenvalue weighted by Crippen LogP contribution is -1.83. The van der Waals surface area contributed by atoms with Gasteiger partial charge in [-0.3, -0.25) is 0 Å². The Morgan fingerprint density at radius 1 is 1.47 bits per heavy atom. The molecule has 0 saturated heterocycles. The minimum absolute atomic E-state index is 0.0279. The van der Waals surface area contributed by atoms with Crippen LogP contribution in [0.1, 0.15) is 30.2 Å². The molecule has 1 N–H and O–H groups in total. The van der Waals surface area contributed by atoms with Crippen LogP contribution >= 0.6 is 15.9 Å². The van der Waals surface area contributed by atoms with Crippen molar-refractivity contribution in [1.29, 1.82) is 0 Å². The smallest absolute Gasteiger partial charge is 0.198 e. The Bertz CT molecular complexity index is 517. The van der Waals surface area contributed by atoms with Gasteiger partial charge in [-0.05, 0) is 46.5 Å². The van der Waals surface area contributed by atoms with Crippen LogP contribution in [0.3, 0.4) is 0 Å². The van der Waals surface area contributed by atoms with E-state index in [-0.39, 0.29) is 6.61 Å². The summed E-state index contributed by atoms with van der Waals surface area (Å²) in [5.74, 6) is 1.35. The van der Waals surface area contributed by atoms with Gasteiger partial charge in [0.15, 0.2) is 11.5 Å². The van der Waals surface area contributed by atoms with Gasteiger partial charge >= 0.3 is 0 Å². The van der Waals surface area contributed by atoms with Gasteiger partial charge in [-0.25, -0.2) is 4.98 Å². The first-order chi connectivity index (χ1) is 7.28. The zero-order chi connectivity index (χ0) is 10.4. The predicted molar refractivity (Wildman–Crippen MR) is 59.6 cm³/mol. The number of aromatic nitrogens is 1. The van der Waals surface area contributed by atoms with Crippen LogP contribution in [0.4, 0.5) is 0 Å². The molecule has 78 valence electrons. The molecule has 1 aromatic carbocycles. The first-order valence-electron chi connectivity index (χ1n) is 4.97. The molecule has 1 aliphatic carbocycles. The molecule has 1 fully saturated rings. The maximum absolute atomic E-state index is 9.07. The summed E-state index contributed by atoms with van der Waals surface area (Å²) in [6, 6.07) is 3.74. The summed E-state index contributed by atoms with van der Waals surface area (Å²) in [6.07, 6.45) is 2.36. The van der Waals surface area contributed by atoms with Crippen molar-refractivity contribution in [3.8, 4) is 0 Å². The van der Waals surface area contributed by atoms with E-state index in [9.17, 15) is 0 Å². The molecule has 0 spiro atoms. The second-order valence-electron chi connectivity index (χ2n) is 3.91. The lowest BCUT2D eigenvalue weighted by molar-refractivity contribution is 0.282. The molecule has 3 nitrogen and oxygen atoms in total. The van der Waals surface area contributed by atoms with Crippen LogP contribution < -0.4 is 0 Å². The number of oxazole rings is 1. The summed E-state index contributed by atoms with van der Waals surface area (Å²) in [5, 5.41) is 9.07. The number of halogens is 1. The molecule has 3 rings (SSSR count). The highest BCUT2D eigenvalue weighted by atomic mass is 79.9. The number of rotatable bonds is 2. The lowest BCUT2D eigenvalue weighted by Gasteiger charge is -1.96. The van der Waals surface area contributed by atoms with Gasteiger partial charge < -0.3 is 9.52 Å². The molecule has 1 saturated carbocycles. The Morgan fingerprint density at radius 2 is 2.27 bits per heavy atom. The first kappa shape index (κ1) is 9.36. The third-order valence-electron chi connectivity index (χ3n) is 2.63. The molecule has 1 heterocycles. The van der Waals surface area contributed by atoms with E-state index < -0.39 is 0 Å². The zero-order valence-corrected chi connectivity index (χ0v) is 9.62. The average Bonchev–Trinajstić information content (AvgIpc) is 2.98. The fourth-order valence-corrected chi connectivity index (χ4v) is 2.24. The summed E-state index contributed by atoms with van der Waals surface area (Å²) in [7, 11) is 0. The largest absolute Gasteiger partial charge is 0.439 e. The van der Waals surface area contributed by atoms with Crippen LogP contribution in [-0.2, 0) is 6.61 Å². The van der Waals surface area contributed by atoms with Crippen molar-refractivity contribution in [2.45, 2.75) is 25.4 Å². The van der Waals surface area contributed by atoms with Gasteiger partial charge in [0.05, 0.1) is 11.1 Å². The Balaban J connectivity index is 2.19. The SMILES string of the molecule is OCc1cc(Br)c2oc(C3CC3)nc2c1. The summed E-state index contributed by atoms with van der Waals surface area (Å²) < 4.78 is 6.55. The molecule has 4 heteroatoms. The quantitative estimate of drug-likeness (QED) is 0.910. The highest BCUT2D eigenvalue weighted by molar-refractivity contribution is 9.10. The van der Waals surface area contributed by atoms with Gasteiger partial charge in [0.25, 0.3) is 0 Å². The van der Waals surface area contributed by atoms with Crippen molar-refractivity contribution in [1.82, 2.24) is 4.98 Å². The van der Waals surface area contributed by atoms with Gasteiger partial charge in [0.2, 0.25) is 0 Å². The minimum atomic E-state index is 0.0279. The fraction of sp³-hybridized carbons (Fsp3) is 0.364. The predicted octanol–water partition coefficient (Wildman–Crippen LogP) is 2.96. The van der Waals surface area contributed by atoms with Crippen LogP contribution in [0.5, 0.6) is 0 Å². The van der Waals surface area contributed by atoms with Crippen LogP contribution in [0, 0.1) is 0 Å². The van der Waals surface area contributed by atoms with Gasteiger partial charge in [-0.15, -0.1) is 0 Å². The molecule has 1 aromatic heterocycles. The Morgan fingerprint density at radius 3 is 2.93 bits per heavy atom. The number of nitrogens with zero attached hydrogens (tertiary/aromatic N) is 1. The molecule has 15 heavy (non-hydrogen) atoms. The van der Waals surface area contributed by atoms with Crippen molar-refractivity contribution in [2.24, 2.45) is 0 Å². The average molecular weight is 268 g/mol. The molecular weight excluding hydrogens is 258 g/mol. The van der Waals surface area contributed by atoms with Crippen molar-refractivity contribution >= 4 is 27.0 Å². The summed E-state index contributed by atoms with van der Waals surface area (Å²) in [5.41, 5.74) is 2.47. The van der Waals surface area contributed by atoms with Crippen LogP contribution in [-0.4, -0.2) is 10.1 Å². The van der Waals surface area contributed by atoms with Crippen LogP contribution in [0.2, 0.25) is 0 Å². The third kappa shape index (κ3) is 1.58. The van der Waals surface area contributed by atoms with Gasteiger partial charge in [0, 0.05) is 5.92 Å². The van der Waals surface area contributed by atoms with E-state index in [1.807, 2.05) is 12.1 Å². The molecule has 0 amide bonds. The monoisotopic (exact) mass is 267 g/mol. The molecule has 0 radical (unpaired) electrons. The molecule has 1 aliphatic rings. The third-order valence-corrected chi connectivity index (χ3v) is 3.22. The van der Waals surface area contributed by atoms with E-state index in [0.717, 1.165) is 27.0 Å². The minimum Gasteiger partial charge on any atom is -0.439 e. The van der Waals surface area contributed by atoms with E-state index in [1.54, 1.807) is 0 Å². The number of hydrogen-bond donors (Lipinski definition) is 1. The second-order valence-corrected chi connectivity index (χ2v) is 4.76. The zero-order valence-electron chi connectivity index (χ0n) is 8.03. The van der Waals surface area contributed by atoms with Crippen molar-refractivity contribution in [3.05, 3.63) is 28.1 Å². The highest BCUT2D eigenvalue weighted by Gasteiger charge is 2.29. The number of aliphatic hydroxyl groups is 1. The molecule has 0 bridgehead atoms.